The lowest BCUT2D eigenvalue weighted by Gasteiger charge is -2.14. The maximum absolute atomic E-state index is 10.8. The van der Waals surface area contributed by atoms with Gasteiger partial charge in [-0.1, -0.05) is 0 Å². The van der Waals surface area contributed by atoms with Gasteiger partial charge >= 0.3 is 0 Å². The molecule has 2 aromatic carbocycles. The maximum atomic E-state index is 10.8. The van der Waals surface area contributed by atoms with E-state index in [0.29, 0.717) is 34.6 Å². The Morgan fingerprint density at radius 1 is 0.964 bits per heavy atom. The molecule has 0 radical (unpaired) electrons. The summed E-state index contributed by atoms with van der Waals surface area (Å²) in [6, 6.07) is 11.3. The Morgan fingerprint density at radius 2 is 1.61 bits per heavy atom. The van der Waals surface area contributed by atoms with Gasteiger partial charge in [0.1, 0.15) is 0 Å². The van der Waals surface area contributed by atoms with Gasteiger partial charge in [-0.3, -0.25) is 10.1 Å². The second-order valence-electron chi connectivity index (χ2n) is 5.61. The second-order valence-corrected chi connectivity index (χ2v) is 5.61. The third kappa shape index (κ3) is 3.93. The fourth-order valence-electron chi connectivity index (χ4n) is 2.60. The zero-order valence-electron chi connectivity index (χ0n) is 15.5. The van der Waals surface area contributed by atoms with E-state index in [0.717, 1.165) is 5.56 Å². The van der Waals surface area contributed by atoms with E-state index in [4.69, 9.17) is 14.2 Å². The SMILES string of the molecule is COc1cc(-c2ccnc(Nc3ccc([N+](=O)[O-])cc3)n2)cc(OC)c1OC. The first-order valence-electron chi connectivity index (χ1n) is 8.20. The molecule has 0 unspecified atom stereocenters. The highest BCUT2D eigenvalue weighted by molar-refractivity contribution is 5.69. The van der Waals surface area contributed by atoms with Crippen LogP contribution in [0.4, 0.5) is 17.3 Å². The quantitative estimate of drug-likeness (QED) is 0.485. The lowest BCUT2D eigenvalue weighted by Crippen LogP contribution is -1.99. The van der Waals surface area contributed by atoms with Crippen molar-refractivity contribution in [3.05, 3.63) is 58.8 Å². The van der Waals surface area contributed by atoms with Crippen molar-refractivity contribution in [1.29, 1.82) is 0 Å². The Morgan fingerprint density at radius 3 is 2.14 bits per heavy atom. The zero-order chi connectivity index (χ0) is 20.1. The van der Waals surface area contributed by atoms with Crippen LogP contribution in [-0.4, -0.2) is 36.2 Å². The number of aromatic nitrogens is 2. The Balaban J connectivity index is 1.92. The Hall–Kier alpha value is -3.88. The smallest absolute Gasteiger partial charge is 0.269 e. The number of nitrogens with zero attached hydrogens (tertiary/aromatic N) is 3. The second kappa shape index (κ2) is 8.21. The molecule has 0 amide bonds. The topological polar surface area (TPSA) is 109 Å². The predicted octanol–water partition coefficient (Wildman–Crippen LogP) is 3.82. The summed E-state index contributed by atoms with van der Waals surface area (Å²) in [6.07, 6.45) is 1.61. The zero-order valence-corrected chi connectivity index (χ0v) is 15.5. The van der Waals surface area contributed by atoms with Gasteiger partial charge in [-0.05, 0) is 30.3 Å². The molecular formula is C19H18N4O5. The van der Waals surface area contributed by atoms with Crippen LogP contribution in [0.2, 0.25) is 0 Å². The number of rotatable bonds is 7. The van der Waals surface area contributed by atoms with E-state index in [1.54, 1.807) is 50.7 Å². The molecule has 0 bridgehead atoms. The third-order valence-corrected chi connectivity index (χ3v) is 3.95. The molecule has 0 aliphatic carbocycles. The fraction of sp³-hybridized carbons (Fsp3) is 0.158. The molecule has 9 nitrogen and oxygen atoms in total. The van der Waals surface area contributed by atoms with Gasteiger partial charge < -0.3 is 19.5 Å². The van der Waals surface area contributed by atoms with E-state index in [9.17, 15) is 10.1 Å². The van der Waals surface area contributed by atoms with E-state index in [1.807, 2.05) is 0 Å². The van der Waals surface area contributed by atoms with Crippen LogP contribution in [0.3, 0.4) is 0 Å². The monoisotopic (exact) mass is 382 g/mol. The molecule has 0 atom stereocenters. The van der Waals surface area contributed by atoms with Crippen molar-refractivity contribution in [2.45, 2.75) is 0 Å². The number of nitrogens with one attached hydrogen (secondary N) is 1. The van der Waals surface area contributed by atoms with Crippen LogP contribution in [-0.2, 0) is 0 Å². The van der Waals surface area contributed by atoms with Crippen molar-refractivity contribution in [3.8, 4) is 28.5 Å². The summed E-state index contributed by atoms with van der Waals surface area (Å²) in [7, 11) is 4.63. The number of methoxy groups -OCH3 is 3. The Bertz CT molecular complexity index is 967. The van der Waals surface area contributed by atoms with Gasteiger partial charge in [0.05, 0.1) is 31.9 Å². The van der Waals surface area contributed by atoms with Crippen molar-refractivity contribution >= 4 is 17.3 Å². The first kappa shape index (κ1) is 18.9. The van der Waals surface area contributed by atoms with Crippen LogP contribution < -0.4 is 19.5 Å². The van der Waals surface area contributed by atoms with Crippen molar-refractivity contribution in [2.24, 2.45) is 0 Å². The molecule has 0 aliphatic rings. The van der Waals surface area contributed by atoms with Crippen molar-refractivity contribution in [1.82, 2.24) is 9.97 Å². The van der Waals surface area contributed by atoms with Gasteiger partial charge in [-0.15, -0.1) is 0 Å². The number of ether oxygens (including phenoxy) is 3. The molecule has 9 heteroatoms. The molecule has 1 heterocycles. The molecule has 144 valence electrons. The summed E-state index contributed by atoms with van der Waals surface area (Å²) in [5, 5.41) is 13.8. The predicted molar refractivity (Wildman–Crippen MR) is 104 cm³/mol. The van der Waals surface area contributed by atoms with Crippen LogP contribution in [0, 0.1) is 10.1 Å². The van der Waals surface area contributed by atoms with Gasteiger partial charge in [-0.25, -0.2) is 9.97 Å². The van der Waals surface area contributed by atoms with Crippen molar-refractivity contribution < 1.29 is 19.1 Å². The minimum absolute atomic E-state index is 0.0117. The van der Waals surface area contributed by atoms with Crippen molar-refractivity contribution in [2.75, 3.05) is 26.6 Å². The number of nitro benzene ring substituents is 1. The summed E-state index contributed by atoms with van der Waals surface area (Å²) in [4.78, 5) is 19.0. The highest BCUT2D eigenvalue weighted by Gasteiger charge is 2.15. The average Bonchev–Trinajstić information content (AvgIpc) is 2.73. The molecule has 0 spiro atoms. The molecule has 0 aliphatic heterocycles. The van der Waals surface area contributed by atoms with Crippen LogP contribution in [0.25, 0.3) is 11.3 Å². The molecule has 3 aromatic rings. The molecule has 3 rings (SSSR count). The van der Waals surface area contributed by atoms with E-state index in [1.165, 1.54) is 19.2 Å². The molecule has 1 aromatic heterocycles. The van der Waals surface area contributed by atoms with Crippen LogP contribution in [0.15, 0.2) is 48.7 Å². The normalized spacial score (nSPS) is 10.2. The number of hydrogen-bond acceptors (Lipinski definition) is 8. The Kier molecular flexibility index (Phi) is 5.54. The first-order valence-corrected chi connectivity index (χ1v) is 8.20. The first-order chi connectivity index (χ1) is 13.5. The van der Waals surface area contributed by atoms with Crippen LogP contribution >= 0.6 is 0 Å². The van der Waals surface area contributed by atoms with E-state index in [-0.39, 0.29) is 5.69 Å². The number of non-ortho nitro benzene ring substituents is 1. The summed E-state index contributed by atoms with van der Waals surface area (Å²) in [5.74, 6) is 1.87. The number of benzene rings is 2. The highest BCUT2D eigenvalue weighted by atomic mass is 16.6. The van der Waals surface area contributed by atoms with E-state index in [2.05, 4.69) is 15.3 Å². The highest BCUT2D eigenvalue weighted by Crippen LogP contribution is 2.40. The summed E-state index contributed by atoms with van der Waals surface area (Å²) < 4.78 is 16.1. The lowest BCUT2D eigenvalue weighted by molar-refractivity contribution is -0.384. The minimum atomic E-state index is -0.453. The molecule has 1 N–H and O–H groups in total. The molecule has 0 saturated carbocycles. The largest absolute Gasteiger partial charge is 0.493 e. The minimum Gasteiger partial charge on any atom is -0.493 e. The lowest BCUT2D eigenvalue weighted by atomic mass is 10.1. The van der Waals surface area contributed by atoms with Gasteiger partial charge in [0.2, 0.25) is 11.7 Å². The van der Waals surface area contributed by atoms with E-state index < -0.39 is 4.92 Å². The molecular weight excluding hydrogens is 364 g/mol. The number of hydrogen-bond donors (Lipinski definition) is 1. The van der Waals surface area contributed by atoms with Crippen molar-refractivity contribution in [3.63, 3.8) is 0 Å². The Labute approximate surface area is 161 Å². The molecule has 0 saturated heterocycles. The van der Waals surface area contributed by atoms with Gasteiger partial charge in [-0.2, -0.15) is 0 Å². The van der Waals surface area contributed by atoms with Gasteiger partial charge in [0, 0.05) is 29.6 Å². The number of nitro groups is 1. The van der Waals surface area contributed by atoms with Crippen LogP contribution in [0.1, 0.15) is 0 Å². The molecule has 28 heavy (non-hydrogen) atoms. The molecule has 0 fully saturated rings. The average molecular weight is 382 g/mol. The maximum Gasteiger partial charge on any atom is 0.269 e. The summed E-state index contributed by atoms with van der Waals surface area (Å²) in [6.45, 7) is 0. The number of anilines is 2. The van der Waals surface area contributed by atoms with Gasteiger partial charge in [0.25, 0.3) is 5.69 Å². The van der Waals surface area contributed by atoms with Gasteiger partial charge in [0.15, 0.2) is 11.5 Å². The summed E-state index contributed by atoms with van der Waals surface area (Å²) in [5.41, 5.74) is 2.03. The van der Waals surface area contributed by atoms with E-state index >= 15 is 0 Å². The standard InChI is InChI=1S/C19H18N4O5/c1-26-16-10-12(11-17(27-2)18(16)28-3)15-8-9-20-19(22-15)21-13-4-6-14(7-5-13)23(24)25/h4-11H,1-3H3,(H,20,21,22). The fourth-order valence-corrected chi connectivity index (χ4v) is 2.60. The third-order valence-electron chi connectivity index (χ3n) is 3.95. The summed E-state index contributed by atoms with van der Waals surface area (Å²) >= 11 is 0. The van der Waals surface area contributed by atoms with Crippen LogP contribution in [0.5, 0.6) is 17.2 Å².